The fourth-order valence-corrected chi connectivity index (χ4v) is 2.35. The van der Waals surface area contributed by atoms with Crippen LogP contribution >= 0.6 is 11.3 Å². The van der Waals surface area contributed by atoms with Gasteiger partial charge in [0.15, 0.2) is 0 Å². The number of carbonyl (C=O) groups is 2. The summed E-state index contributed by atoms with van der Waals surface area (Å²) in [4.78, 5) is 23.6. The lowest BCUT2D eigenvalue weighted by Crippen LogP contribution is -2.37. The van der Waals surface area contributed by atoms with Gasteiger partial charge in [-0.15, -0.1) is 10.2 Å². The standard InChI is InChI=1S/C14H16N4O4S/c1-22-12(20)10(6-9-2-4-11(19)5-3-9)7-15-13(21)17-14-18-16-8-23-14/h2-5,8,10,19H,6-7H2,1H3,(H2,15,17,18,21)/t10-/m1/s1. The van der Waals surface area contributed by atoms with Gasteiger partial charge in [0.05, 0.1) is 13.0 Å². The normalized spacial score (nSPS) is 11.5. The van der Waals surface area contributed by atoms with Gasteiger partial charge in [0.25, 0.3) is 0 Å². The van der Waals surface area contributed by atoms with E-state index in [9.17, 15) is 14.7 Å². The number of nitrogens with one attached hydrogen (secondary N) is 2. The highest BCUT2D eigenvalue weighted by atomic mass is 32.1. The smallest absolute Gasteiger partial charge is 0.321 e. The number of anilines is 1. The molecule has 2 amide bonds. The predicted octanol–water partition coefficient (Wildman–Crippen LogP) is 1.40. The number of aromatic nitrogens is 2. The molecule has 0 saturated carbocycles. The molecule has 0 aliphatic rings. The Bertz CT molecular complexity index is 645. The number of urea groups is 1. The molecule has 1 heterocycles. The molecule has 0 spiro atoms. The zero-order chi connectivity index (χ0) is 16.7. The van der Waals surface area contributed by atoms with Crippen LogP contribution in [0, 0.1) is 5.92 Å². The number of rotatable bonds is 6. The molecular formula is C14H16N4O4S. The number of carbonyl (C=O) groups excluding carboxylic acids is 2. The Kier molecular flexibility index (Phi) is 5.87. The van der Waals surface area contributed by atoms with Crippen molar-refractivity contribution in [3.8, 4) is 5.75 Å². The third-order valence-electron chi connectivity index (χ3n) is 3.04. The average molecular weight is 336 g/mol. The minimum Gasteiger partial charge on any atom is -0.508 e. The van der Waals surface area contributed by atoms with Crippen molar-refractivity contribution in [1.82, 2.24) is 15.5 Å². The van der Waals surface area contributed by atoms with E-state index in [1.807, 2.05) is 0 Å². The number of methoxy groups -OCH3 is 1. The molecule has 8 nitrogen and oxygen atoms in total. The maximum atomic E-state index is 11.8. The molecule has 9 heteroatoms. The fraction of sp³-hybridized carbons (Fsp3) is 0.286. The monoisotopic (exact) mass is 336 g/mol. The van der Waals surface area contributed by atoms with E-state index in [2.05, 4.69) is 20.8 Å². The summed E-state index contributed by atoms with van der Waals surface area (Å²) in [6, 6.07) is 6.04. The Morgan fingerprint density at radius 3 is 2.70 bits per heavy atom. The highest BCUT2D eigenvalue weighted by Crippen LogP contribution is 2.14. The van der Waals surface area contributed by atoms with Gasteiger partial charge in [-0.3, -0.25) is 10.1 Å². The number of benzene rings is 1. The van der Waals surface area contributed by atoms with Crippen LogP contribution in [0.1, 0.15) is 5.56 Å². The van der Waals surface area contributed by atoms with E-state index in [0.29, 0.717) is 11.6 Å². The first-order chi connectivity index (χ1) is 11.1. The zero-order valence-electron chi connectivity index (χ0n) is 12.4. The molecule has 1 aromatic carbocycles. The van der Waals surface area contributed by atoms with Crippen LogP contribution in [0.5, 0.6) is 5.75 Å². The largest absolute Gasteiger partial charge is 0.508 e. The number of ether oxygens (including phenoxy) is 1. The molecule has 1 aromatic heterocycles. The molecule has 0 fully saturated rings. The highest BCUT2D eigenvalue weighted by molar-refractivity contribution is 7.13. The molecule has 0 bridgehead atoms. The number of aromatic hydroxyl groups is 1. The van der Waals surface area contributed by atoms with Gasteiger partial charge in [0.1, 0.15) is 11.3 Å². The third kappa shape index (κ3) is 5.22. The van der Waals surface area contributed by atoms with Gasteiger partial charge >= 0.3 is 12.0 Å². The van der Waals surface area contributed by atoms with E-state index in [1.54, 1.807) is 24.3 Å². The van der Waals surface area contributed by atoms with Crippen molar-refractivity contribution >= 4 is 28.5 Å². The Labute approximate surface area is 136 Å². The number of amides is 2. The van der Waals surface area contributed by atoms with E-state index in [1.165, 1.54) is 24.0 Å². The minimum atomic E-state index is -0.537. The molecule has 2 aromatic rings. The maximum Gasteiger partial charge on any atom is 0.321 e. The van der Waals surface area contributed by atoms with Gasteiger partial charge in [-0.2, -0.15) is 0 Å². The first-order valence-electron chi connectivity index (χ1n) is 6.75. The summed E-state index contributed by atoms with van der Waals surface area (Å²) < 4.78 is 4.77. The number of esters is 1. The van der Waals surface area contributed by atoms with Crippen molar-refractivity contribution in [2.45, 2.75) is 6.42 Å². The van der Waals surface area contributed by atoms with Crippen LogP contribution < -0.4 is 10.6 Å². The average Bonchev–Trinajstić information content (AvgIpc) is 3.05. The molecule has 0 unspecified atom stereocenters. The Morgan fingerprint density at radius 1 is 1.35 bits per heavy atom. The summed E-state index contributed by atoms with van der Waals surface area (Å²) in [6.07, 6.45) is 0.381. The van der Waals surface area contributed by atoms with Gasteiger partial charge in [-0.1, -0.05) is 23.5 Å². The van der Waals surface area contributed by atoms with Crippen LogP contribution in [0.3, 0.4) is 0 Å². The fourth-order valence-electron chi connectivity index (χ4n) is 1.91. The second kappa shape index (κ2) is 8.08. The van der Waals surface area contributed by atoms with Crippen LogP contribution in [-0.4, -0.2) is 41.0 Å². The van der Waals surface area contributed by atoms with Gasteiger partial charge in [-0.25, -0.2) is 4.79 Å². The van der Waals surface area contributed by atoms with Crippen molar-refractivity contribution in [3.63, 3.8) is 0 Å². The summed E-state index contributed by atoms with van der Waals surface area (Å²) >= 11 is 1.19. The molecule has 1 atom stereocenters. The van der Waals surface area contributed by atoms with E-state index in [0.717, 1.165) is 5.56 Å². The Hall–Kier alpha value is -2.68. The molecule has 23 heavy (non-hydrogen) atoms. The van der Waals surface area contributed by atoms with Crippen molar-refractivity contribution in [2.24, 2.45) is 5.92 Å². The molecule has 122 valence electrons. The maximum absolute atomic E-state index is 11.8. The van der Waals surface area contributed by atoms with Crippen LogP contribution in [0.15, 0.2) is 29.8 Å². The number of nitrogens with zero attached hydrogens (tertiary/aromatic N) is 2. The van der Waals surface area contributed by atoms with Gasteiger partial charge < -0.3 is 15.2 Å². The molecule has 0 aliphatic heterocycles. The summed E-state index contributed by atoms with van der Waals surface area (Å²) in [5, 5.41) is 22.1. The van der Waals surface area contributed by atoms with Crippen molar-refractivity contribution in [1.29, 1.82) is 0 Å². The summed E-state index contributed by atoms with van der Waals surface area (Å²) in [5.74, 6) is -0.808. The predicted molar refractivity (Wildman–Crippen MR) is 84.2 cm³/mol. The van der Waals surface area contributed by atoms with E-state index >= 15 is 0 Å². The number of hydrogen-bond acceptors (Lipinski definition) is 7. The number of phenolic OH excluding ortho intramolecular Hbond substituents is 1. The summed E-state index contributed by atoms with van der Waals surface area (Å²) in [6.45, 7) is 0.109. The molecule has 0 saturated heterocycles. The molecule has 0 radical (unpaired) electrons. The first kappa shape index (κ1) is 16.7. The summed E-state index contributed by atoms with van der Waals surface area (Å²) in [7, 11) is 1.30. The topological polar surface area (TPSA) is 113 Å². The van der Waals surface area contributed by atoms with Crippen molar-refractivity contribution in [3.05, 3.63) is 35.3 Å². The quantitative estimate of drug-likeness (QED) is 0.687. The lowest BCUT2D eigenvalue weighted by molar-refractivity contribution is -0.145. The minimum absolute atomic E-state index is 0.109. The SMILES string of the molecule is COC(=O)[C@@H](CNC(=O)Nc1nncs1)Cc1ccc(O)cc1. The van der Waals surface area contributed by atoms with Gasteiger partial charge in [0, 0.05) is 6.54 Å². The lowest BCUT2D eigenvalue weighted by Gasteiger charge is -2.15. The second-order valence-corrected chi connectivity index (χ2v) is 5.50. The third-order valence-corrected chi connectivity index (χ3v) is 3.65. The van der Waals surface area contributed by atoms with Crippen LogP contribution in [0.25, 0.3) is 0 Å². The number of phenols is 1. The van der Waals surface area contributed by atoms with Crippen molar-refractivity contribution < 1.29 is 19.4 Å². The van der Waals surface area contributed by atoms with E-state index in [-0.39, 0.29) is 12.3 Å². The highest BCUT2D eigenvalue weighted by Gasteiger charge is 2.21. The Balaban J connectivity index is 1.91. The van der Waals surface area contributed by atoms with E-state index in [4.69, 9.17) is 4.74 Å². The van der Waals surface area contributed by atoms with Crippen LogP contribution in [0.2, 0.25) is 0 Å². The Morgan fingerprint density at radius 2 is 2.09 bits per heavy atom. The van der Waals surface area contributed by atoms with E-state index < -0.39 is 17.9 Å². The van der Waals surface area contributed by atoms with Crippen molar-refractivity contribution in [2.75, 3.05) is 19.0 Å². The molecule has 3 N–H and O–H groups in total. The van der Waals surface area contributed by atoms with Crippen LogP contribution in [-0.2, 0) is 16.0 Å². The second-order valence-electron chi connectivity index (χ2n) is 4.67. The molecular weight excluding hydrogens is 320 g/mol. The zero-order valence-corrected chi connectivity index (χ0v) is 13.2. The van der Waals surface area contributed by atoms with Gasteiger partial charge in [-0.05, 0) is 24.1 Å². The number of hydrogen-bond donors (Lipinski definition) is 3. The first-order valence-corrected chi connectivity index (χ1v) is 7.63. The van der Waals surface area contributed by atoms with Gasteiger partial charge in [0.2, 0.25) is 5.13 Å². The van der Waals surface area contributed by atoms with Crippen LogP contribution in [0.4, 0.5) is 9.93 Å². The summed E-state index contributed by atoms with van der Waals surface area (Å²) in [5.41, 5.74) is 2.35. The molecule has 0 aliphatic carbocycles. The molecule has 2 rings (SSSR count). The lowest BCUT2D eigenvalue weighted by atomic mass is 9.99.